The first-order valence-corrected chi connectivity index (χ1v) is 5.21. The van der Waals surface area contributed by atoms with Crippen molar-refractivity contribution in [1.29, 1.82) is 0 Å². The van der Waals surface area contributed by atoms with E-state index in [4.69, 9.17) is 11.6 Å². The lowest BCUT2D eigenvalue weighted by molar-refractivity contribution is 0.836. The Hall–Kier alpha value is -0.830. The molecule has 14 heavy (non-hydrogen) atoms. The van der Waals surface area contributed by atoms with Gasteiger partial charge in [0, 0.05) is 11.9 Å². The van der Waals surface area contributed by atoms with Crippen LogP contribution in [0.15, 0.2) is 6.20 Å². The Morgan fingerprint density at radius 3 is 2.71 bits per heavy atom. The number of hydrogen-bond donors (Lipinski definition) is 1. The quantitative estimate of drug-likeness (QED) is 0.782. The molecule has 0 radical (unpaired) electrons. The molecule has 1 aromatic heterocycles. The van der Waals surface area contributed by atoms with Crippen LogP contribution >= 0.6 is 11.6 Å². The fraction of sp³-hybridized carbons (Fsp3) is 0.600. The number of hydrogen-bond acceptors (Lipinski definition) is 3. The van der Waals surface area contributed by atoms with Crippen molar-refractivity contribution in [2.75, 3.05) is 11.9 Å². The van der Waals surface area contributed by atoms with Gasteiger partial charge in [0.15, 0.2) is 0 Å². The van der Waals surface area contributed by atoms with Crippen molar-refractivity contribution in [1.82, 2.24) is 9.97 Å². The molecule has 3 nitrogen and oxygen atoms in total. The average molecular weight is 214 g/mol. The van der Waals surface area contributed by atoms with Crippen LogP contribution in [0.5, 0.6) is 0 Å². The largest absolute Gasteiger partial charge is 0.369 e. The van der Waals surface area contributed by atoms with E-state index in [2.05, 4.69) is 15.3 Å². The van der Waals surface area contributed by atoms with Crippen LogP contribution in [0.1, 0.15) is 24.7 Å². The Bertz CT molecular complexity index is 299. The molecular formula is C10H16ClN3. The van der Waals surface area contributed by atoms with Crippen molar-refractivity contribution in [3.05, 3.63) is 17.6 Å². The molecule has 0 amide bonds. The lowest BCUT2D eigenvalue weighted by atomic mass is 10.3. The van der Waals surface area contributed by atoms with Crippen LogP contribution in [0.25, 0.3) is 0 Å². The van der Waals surface area contributed by atoms with Gasteiger partial charge >= 0.3 is 0 Å². The Balaban J connectivity index is 2.47. The summed E-state index contributed by atoms with van der Waals surface area (Å²) in [6, 6.07) is 0. The molecule has 0 aliphatic rings. The minimum Gasteiger partial charge on any atom is -0.369 e. The van der Waals surface area contributed by atoms with Gasteiger partial charge in [-0.15, -0.1) is 11.6 Å². The lowest BCUT2D eigenvalue weighted by Crippen LogP contribution is -2.08. The topological polar surface area (TPSA) is 37.8 Å². The van der Waals surface area contributed by atoms with Gasteiger partial charge in [-0.1, -0.05) is 0 Å². The second kappa shape index (κ2) is 5.15. The zero-order chi connectivity index (χ0) is 10.6. The van der Waals surface area contributed by atoms with E-state index in [1.807, 2.05) is 20.8 Å². The van der Waals surface area contributed by atoms with Gasteiger partial charge in [0.05, 0.1) is 17.6 Å². The van der Waals surface area contributed by atoms with E-state index in [0.29, 0.717) is 0 Å². The van der Waals surface area contributed by atoms with Gasteiger partial charge < -0.3 is 5.32 Å². The van der Waals surface area contributed by atoms with Gasteiger partial charge in [0.2, 0.25) is 0 Å². The molecule has 0 bridgehead atoms. The highest BCUT2D eigenvalue weighted by molar-refractivity contribution is 6.20. The number of halogens is 1. The maximum atomic E-state index is 5.82. The van der Waals surface area contributed by atoms with E-state index in [1.54, 1.807) is 6.20 Å². The lowest BCUT2D eigenvalue weighted by Gasteiger charge is -2.07. The monoisotopic (exact) mass is 213 g/mol. The van der Waals surface area contributed by atoms with E-state index in [0.717, 1.165) is 30.2 Å². The molecule has 78 valence electrons. The predicted molar refractivity (Wildman–Crippen MR) is 59.9 cm³/mol. The molecule has 0 saturated heterocycles. The molecule has 1 N–H and O–H groups in total. The van der Waals surface area contributed by atoms with Gasteiger partial charge in [-0.25, -0.2) is 4.98 Å². The second-order valence-corrected chi connectivity index (χ2v) is 4.17. The molecule has 0 saturated carbocycles. The van der Waals surface area contributed by atoms with Gasteiger partial charge in [-0.2, -0.15) is 0 Å². The SMILES string of the molecule is Cc1ncc(NCCC(C)Cl)nc1C. The Labute approximate surface area is 89.9 Å². The van der Waals surface area contributed by atoms with Crippen LogP contribution in [0.4, 0.5) is 5.82 Å². The minimum atomic E-state index is 0.196. The number of aromatic nitrogens is 2. The van der Waals surface area contributed by atoms with Gasteiger partial charge in [0.25, 0.3) is 0 Å². The zero-order valence-corrected chi connectivity index (χ0v) is 9.60. The molecule has 0 aromatic carbocycles. The summed E-state index contributed by atoms with van der Waals surface area (Å²) < 4.78 is 0. The third kappa shape index (κ3) is 3.50. The molecule has 1 heterocycles. The molecule has 1 atom stereocenters. The number of nitrogens with one attached hydrogen (secondary N) is 1. The van der Waals surface area contributed by atoms with Gasteiger partial charge in [-0.05, 0) is 27.2 Å². The van der Waals surface area contributed by atoms with Gasteiger partial charge in [0.1, 0.15) is 5.82 Å². The number of rotatable bonds is 4. The van der Waals surface area contributed by atoms with Crippen LogP contribution in [0.2, 0.25) is 0 Å². The number of alkyl halides is 1. The smallest absolute Gasteiger partial charge is 0.144 e. The molecule has 1 aromatic rings. The standard InChI is InChI=1S/C10H16ClN3/c1-7(11)4-5-12-10-6-13-8(2)9(3)14-10/h6-7H,4-5H2,1-3H3,(H,12,14). The summed E-state index contributed by atoms with van der Waals surface area (Å²) in [6.45, 7) is 6.72. The number of nitrogens with zero attached hydrogens (tertiary/aromatic N) is 2. The molecule has 1 rings (SSSR count). The molecule has 0 aliphatic carbocycles. The van der Waals surface area contributed by atoms with E-state index in [1.165, 1.54) is 0 Å². The maximum Gasteiger partial charge on any atom is 0.144 e. The molecular weight excluding hydrogens is 198 g/mol. The molecule has 4 heteroatoms. The molecule has 0 aliphatic heterocycles. The second-order valence-electron chi connectivity index (χ2n) is 3.42. The number of anilines is 1. The average Bonchev–Trinajstić information content (AvgIpc) is 2.10. The molecule has 1 unspecified atom stereocenters. The van der Waals surface area contributed by atoms with E-state index < -0.39 is 0 Å². The van der Waals surface area contributed by atoms with Crippen LogP contribution in [0, 0.1) is 13.8 Å². The van der Waals surface area contributed by atoms with Crippen molar-refractivity contribution in [2.24, 2.45) is 0 Å². The van der Waals surface area contributed by atoms with Crippen molar-refractivity contribution in [2.45, 2.75) is 32.6 Å². The van der Waals surface area contributed by atoms with Crippen LogP contribution in [-0.2, 0) is 0 Å². The van der Waals surface area contributed by atoms with E-state index in [9.17, 15) is 0 Å². The fourth-order valence-electron chi connectivity index (χ4n) is 1.03. The number of aryl methyl sites for hydroxylation is 2. The summed E-state index contributed by atoms with van der Waals surface area (Å²) in [6.07, 6.45) is 2.68. The van der Waals surface area contributed by atoms with Crippen molar-refractivity contribution in [3.63, 3.8) is 0 Å². The highest BCUT2D eigenvalue weighted by Crippen LogP contribution is 2.06. The van der Waals surface area contributed by atoms with Crippen LogP contribution in [-0.4, -0.2) is 21.9 Å². The Kier molecular flexibility index (Phi) is 4.14. The third-order valence-corrected chi connectivity index (χ3v) is 2.26. The zero-order valence-electron chi connectivity index (χ0n) is 8.84. The summed E-state index contributed by atoms with van der Waals surface area (Å²) in [4.78, 5) is 8.57. The van der Waals surface area contributed by atoms with Crippen molar-refractivity contribution < 1.29 is 0 Å². The van der Waals surface area contributed by atoms with E-state index >= 15 is 0 Å². The highest BCUT2D eigenvalue weighted by Gasteiger charge is 1.99. The maximum absolute atomic E-state index is 5.82. The summed E-state index contributed by atoms with van der Waals surface area (Å²) in [5, 5.41) is 3.38. The summed E-state index contributed by atoms with van der Waals surface area (Å²) in [5.41, 5.74) is 1.94. The summed E-state index contributed by atoms with van der Waals surface area (Å²) in [7, 11) is 0. The van der Waals surface area contributed by atoms with Gasteiger partial charge in [-0.3, -0.25) is 4.98 Å². The van der Waals surface area contributed by atoms with Crippen molar-refractivity contribution in [3.8, 4) is 0 Å². The summed E-state index contributed by atoms with van der Waals surface area (Å²) >= 11 is 5.82. The van der Waals surface area contributed by atoms with Crippen molar-refractivity contribution >= 4 is 17.4 Å². The third-order valence-electron chi connectivity index (χ3n) is 2.04. The molecule has 0 fully saturated rings. The first-order valence-electron chi connectivity index (χ1n) is 4.78. The Morgan fingerprint density at radius 1 is 1.43 bits per heavy atom. The minimum absolute atomic E-state index is 0.196. The van der Waals surface area contributed by atoms with E-state index in [-0.39, 0.29) is 5.38 Å². The predicted octanol–water partition coefficient (Wildman–Crippen LogP) is 2.52. The fourth-order valence-corrected chi connectivity index (χ4v) is 1.14. The molecule has 0 spiro atoms. The summed E-state index contributed by atoms with van der Waals surface area (Å²) in [5.74, 6) is 0.824. The first-order chi connectivity index (χ1) is 6.59. The van der Waals surface area contributed by atoms with Crippen LogP contribution in [0.3, 0.4) is 0 Å². The Morgan fingerprint density at radius 2 is 2.14 bits per heavy atom. The van der Waals surface area contributed by atoms with Crippen LogP contribution < -0.4 is 5.32 Å². The first kappa shape index (κ1) is 11.2. The highest BCUT2D eigenvalue weighted by atomic mass is 35.5. The normalized spacial score (nSPS) is 12.6.